The van der Waals surface area contributed by atoms with Crippen molar-refractivity contribution < 1.29 is 9.84 Å². The van der Waals surface area contributed by atoms with E-state index < -0.39 is 0 Å². The number of aliphatic hydroxyl groups excluding tert-OH is 1. The van der Waals surface area contributed by atoms with Gasteiger partial charge in [0.2, 0.25) is 0 Å². The molecule has 0 aliphatic carbocycles. The molecule has 1 saturated heterocycles. The average molecular weight is 261 g/mol. The smallest absolute Gasteiger partial charge is 0.250 e. The van der Waals surface area contributed by atoms with Crippen molar-refractivity contribution >= 4 is 5.95 Å². The van der Waals surface area contributed by atoms with Crippen LogP contribution in [0.4, 0.5) is 5.95 Å². The highest BCUT2D eigenvalue weighted by atomic mass is 16.5. The second kappa shape index (κ2) is 5.33. The summed E-state index contributed by atoms with van der Waals surface area (Å²) in [6.07, 6.45) is -0.185. The lowest BCUT2D eigenvalue weighted by Crippen LogP contribution is -2.45. The maximum absolute atomic E-state index is 9.18. The minimum atomic E-state index is -0.185. The van der Waals surface area contributed by atoms with Crippen LogP contribution in [-0.2, 0) is 4.74 Å². The first kappa shape index (κ1) is 12.1. The largest absolute Gasteiger partial charge is 0.394 e. The van der Waals surface area contributed by atoms with E-state index in [2.05, 4.69) is 15.5 Å². The number of anilines is 1. The first-order chi connectivity index (χ1) is 9.38. The Morgan fingerprint density at radius 3 is 2.95 bits per heavy atom. The summed E-state index contributed by atoms with van der Waals surface area (Å²) >= 11 is 0. The number of hydrogen-bond acceptors (Lipinski definition) is 6. The summed E-state index contributed by atoms with van der Waals surface area (Å²) in [6.45, 7) is 1.86. The molecule has 3 rings (SSSR count). The van der Waals surface area contributed by atoms with Gasteiger partial charge >= 0.3 is 0 Å². The number of para-hydroxylation sites is 1. The predicted octanol–water partition coefficient (Wildman–Crippen LogP) is -0.140. The highest BCUT2D eigenvalue weighted by molar-refractivity contribution is 5.40. The van der Waals surface area contributed by atoms with Crippen LogP contribution in [0.2, 0.25) is 0 Å². The van der Waals surface area contributed by atoms with Gasteiger partial charge in [0.1, 0.15) is 0 Å². The molecule has 1 atom stereocenters. The summed E-state index contributed by atoms with van der Waals surface area (Å²) < 4.78 is 7.13. The quantitative estimate of drug-likeness (QED) is 0.828. The van der Waals surface area contributed by atoms with E-state index in [0.29, 0.717) is 25.6 Å². The topological polar surface area (TPSA) is 76.3 Å². The van der Waals surface area contributed by atoms with E-state index in [4.69, 9.17) is 4.74 Å². The van der Waals surface area contributed by atoms with E-state index in [-0.39, 0.29) is 12.7 Å². The summed E-state index contributed by atoms with van der Waals surface area (Å²) in [4.78, 5) is 2.03. The molecule has 2 heterocycles. The maximum atomic E-state index is 9.18. The fraction of sp³-hybridized carbons (Fsp3) is 0.417. The predicted molar refractivity (Wildman–Crippen MR) is 68.2 cm³/mol. The van der Waals surface area contributed by atoms with Gasteiger partial charge in [0.05, 0.1) is 25.0 Å². The molecule has 7 nitrogen and oxygen atoms in total. The molecule has 1 N–H and O–H groups in total. The fourth-order valence-corrected chi connectivity index (χ4v) is 2.13. The summed E-state index contributed by atoms with van der Waals surface area (Å²) in [7, 11) is 0. The highest BCUT2D eigenvalue weighted by Crippen LogP contribution is 2.17. The number of rotatable bonds is 3. The number of ether oxygens (including phenoxy) is 1. The van der Waals surface area contributed by atoms with Crippen LogP contribution in [0, 0.1) is 0 Å². The molecule has 0 saturated carbocycles. The first-order valence-corrected chi connectivity index (χ1v) is 6.19. The highest BCUT2D eigenvalue weighted by Gasteiger charge is 2.24. The van der Waals surface area contributed by atoms with Crippen molar-refractivity contribution in [1.82, 2.24) is 20.2 Å². The molecule has 7 heteroatoms. The van der Waals surface area contributed by atoms with Gasteiger partial charge in [-0.1, -0.05) is 23.3 Å². The van der Waals surface area contributed by atoms with Gasteiger partial charge in [0.15, 0.2) is 0 Å². The number of morpholine rings is 1. The normalized spacial score (nSPS) is 19.6. The summed E-state index contributed by atoms with van der Waals surface area (Å²) in [5, 5.41) is 21.0. The van der Waals surface area contributed by atoms with Gasteiger partial charge in [-0.15, -0.1) is 0 Å². The van der Waals surface area contributed by atoms with E-state index in [9.17, 15) is 5.11 Å². The Kier molecular flexibility index (Phi) is 3.39. The van der Waals surface area contributed by atoms with E-state index in [1.807, 2.05) is 35.2 Å². The molecule has 0 spiro atoms. The van der Waals surface area contributed by atoms with Gasteiger partial charge < -0.3 is 14.7 Å². The van der Waals surface area contributed by atoms with Crippen LogP contribution in [0.5, 0.6) is 0 Å². The van der Waals surface area contributed by atoms with E-state index in [1.54, 1.807) is 4.68 Å². The van der Waals surface area contributed by atoms with Crippen molar-refractivity contribution in [3.05, 3.63) is 30.3 Å². The van der Waals surface area contributed by atoms with Crippen LogP contribution in [0.15, 0.2) is 30.3 Å². The van der Waals surface area contributed by atoms with Gasteiger partial charge in [-0.05, 0) is 22.6 Å². The molecule has 19 heavy (non-hydrogen) atoms. The first-order valence-electron chi connectivity index (χ1n) is 6.19. The lowest BCUT2D eigenvalue weighted by molar-refractivity contribution is 0.00303. The zero-order valence-corrected chi connectivity index (χ0v) is 10.4. The molecule has 2 aromatic rings. The minimum Gasteiger partial charge on any atom is -0.394 e. The van der Waals surface area contributed by atoms with E-state index in [1.165, 1.54) is 0 Å². The maximum Gasteiger partial charge on any atom is 0.250 e. The Hall–Kier alpha value is -1.99. The Labute approximate surface area is 110 Å². The van der Waals surface area contributed by atoms with Gasteiger partial charge in [-0.2, -0.15) is 4.68 Å². The monoisotopic (exact) mass is 261 g/mol. The van der Waals surface area contributed by atoms with Crippen LogP contribution in [0.25, 0.3) is 5.69 Å². The minimum absolute atomic E-state index is 0.00338. The molecule has 0 radical (unpaired) electrons. The second-order valence-electron chi connectivity index (χ2n) is 4.35. The summed E-state index contributed by atoms with van der Waals surface area (Å²) in [5.41, 5.74) is 0.912. The van der Waals surface area contributed by atoms with Crippen molar-refractivity contribution in [3.63, 3.8) is 0 Å². The van der Waals surface area contributed by atoms with Gasteiger partial charge in [-0.25, -0.2) is 0 Å². The molecule has 1 aliphatic heterocycles. The third kappa shape index (κ3) is 2.42. The Balaban J connectivity index is 1.88. The van der Waals surface area contributed by atoms with Gasteiger partial charge in [0, 0.05) is 13.1 Å². The number of hydrogen-bond donors (Lipinski definition) is 1. The van der Waals surface area contributed by atoms with Crippen LogP contribution in [-0.4, -0.2) is 57.7 Å². The molecule has 100 valence electrons. The van der Waals surface area contributed by atoms with Crippen molar-refractivity contribution in [2.75, 3.05) is 31.2 Å². The SMILES string of the molecule is OCC1CN(c2nnnn2-c2ccccc2)CCO1. The third-order valence-electron chi connectivity index (χ3n) is 3.08. The summed E-state index contributed by atoms with van der Waals surface area (Å²) in [5.74, 6) is 0.674. The van der Waals surface area contributed by atoms with E-state index >= 15 is 0 Å². The van der Waals surface area contributed by atoms with Crippen LogP contribution >= 0.6 is 0 Å². The van der Waals surface area contributed by atoms with Crippen molar-refractivity contribution in [2.45, 2.75) is 6.10 Å². The zero-order valence-electron chi connectivity index (χ0n) is 10.4. The molecule has 0 bridgehead atoms. The van der Waals surface area contributed by atoms with Crippen molar-refractivity contribution in [2.24, 2.45) is 0 Å². The van der Waals surface area contributed by atoms with Gasteiger partial charge in [0.25, 0.3) is 5.95 Å². The van der Waals surface area contributed by atoms with Crippen molar-refractivity contribution in [1.29, 1.82) is 0 Å². The molecule has 1 aliphatic rings. The Morgan fingerprint density at radius 2 is 2.16 bits per heavy atom. The number of aromatic nitrogens is 4. The Bertz CT molecular complexity index is 530. The average Bonchev–Trinajstić information content (AvgIpc) is 2.98. The molecule has 0 amide bonds. The van der Waals surface area contributed by atoms with Crippen LogP contribution < -0.4 is 4.90 Å². The molecular formula is C12H15N5O2. The number of tetrazole rings is 1. The van der Waals surface area contributed by atoms with E-state index in [0.717, 1.165) is 5.69 Å². The van der Waals surface area contributed by atoms with Crippen LogP contribution in [0.1, 0.15) is 0 Å². The standard InChI is InChI=1S/C12H15N5O2/c18-9-11-8-16(6-7-19-11)12-13-14-15-17(12)10-4-2-1-3-5-10/h1-5,11,18H,6-9H2. The molecule has 1 fully saturated rings. The second-order valence-corrected chi connectivity index (χ2v) is 4.35. The van der Waals surface area contributed by atoms with Crippen LogP contribution in [0.3, 0.4) is 0 Å². The van der Waals surface area contributed by atoms with Crippen molar-refractivity contribution in [3.8, 4) is 5.69 Å². The molecule has 1 unspecified atom stereocenters. The Morgan fingerprint density at radius 1 is 1.32 bits per heavy atom. The lowest BCUT2D eigenvalue weighted by Gasteiger charge is -2.32. The fourth-order valence-electron chi connectivity index (χ4n) is 2.13. The third-order valence-corrected chi connectivity index (χ3v) is 3.08. The summed E-state index contributed by atoms with van der Waals surface area (Å²) in [6, 6.07) is 9.73. The lowest BCUT2D eigenvalue weighted by atomic mass is 10.3. The molecule has 1 aromatic carbocycles. The molecule has 1 aromatic heterocycles. The number of aliphatic hydroxyl groups is 1. The number of nitrogens with zero attached hydrogens (tertiary/aromatic N) is 5. The van der Waals surface area contributed by atoms with Gasteiger partial charge in [-0.3, -0.25) is 0 Å². The number of benzene rings is 1. The molecular weight excluding hydrogens is 246 g/mol. The zero-order chi connectivity index (χ0) is 13.1.